The van der Waals surface area contributed by atoms with Gasteiger partial charge >= 0.3 is 5.97 Å². The van der Waals surface area contributed by atoms with E-state index in [2.05, 4.69) is 5.32 Å². The first kappa shape index (κ1) is 14.7. The second kappa shape index (κ2) is 7.87. The molecule has 1 unspecified atom stereocenters. The van der Waals surface area contributed by atoms with Gasteiger partial charge in [-0.25, -0.2) is 0 Å². The molecule has 0 aromatic carbocycles. The number of carboxylic acid groups (broad SMARTS) is 1. The van der Waals surface area contributed by atoms with Crippen molar-refractivity contribution in [2.45, 2.75) is 50.3 Å². The molecule has 1 aliphatic rings. The molecule has 1 fully saturated rings. The Bertz CT molecular complexity index is 267. The summed E-state index contributed by atoms with van der Waals surface area (Å²) in [6.07, 6.45) is 4.77. The third-order valence-electron chi connectivity index (χ3n) is 2.66. The van der Waals surface area contributed by atoms with Crippen LogP contribution in [-0.2, 0) is 9.59 Å². The van der Waals surface area contributed by atoms with Gasteiger partial charge in [0.2, 0.25) is 5.91 Å². The van der Waals surface area contributed by atoms with Gasteiger partial charge < -0.3 is 10.4 Å². The number of carbonyl (C=O) groups excluding carboxylic acids is 1. The first-order valence-corrected chi connectivity index (χ1v) is 8.28. The van der Waals surface area contributed by atoms with E-state index in [-0.39, 0.29) is 5.91 Å². The van der Waals surface area contributed by atoms with E-state index in [0.717, 1.165) is 18.1 Å². The SMILES string of the molecule is CC(NC(=O)CCCC[C@@H]1CCSS1)C(=O)O. The highest BCUT2D eigenvalue weighted by Gasteiger charge is 2.16. The molecule has 0 radical (unpaired) electrons. The van der Waals surface area contributed by atoms with E-state index in [1.54, 1.807) is 0 Å². The Morgan fingerprint density at radius 1 is 1.47 bits per heavy atom. The summed E-state index contributed by atoms with van der Waals surface area (Å²) in [6.45, 7) is 1.48. The van der Waals surface area contributed by atoms with Crippen molar-refractivity contribution in [1.29, 1.82) is 0 Å². The summed E-state index contributed by atoms with van der Waals surface area (Å²) in [5, 5.41) is 11.8. The van der Waals surface area contributed by atoms with Crippen molar-refractivity contribution in [2.75, 3.05) is 5.75 Å². The van der Waals surface area contributed by atoms with Crippen LogP contribution in [0.2, 0.25) is 0 Å². The summed E-state index contributed by atoms with van der Waals surface area (Å²) in [7, 11) is 3.88. The summed E-state index contributed by atoms with van der Waals surface area (Å²) in [5.41, 5.74) is 0. The van der Waals surface area contributed by atoms with Crippen molar-refractivity contribution < 1.29 is 14.7 Å². The maximum Gasteiger partial charge on any atom is 0.325 e. The molecule has 0 aromatic rings. The van der Waals surface area contributed by atoms with Crippen LogP contribution in [0.15, 0.2) is 0 Å². The number of aliphatic carboxylic acids is 1. The molecular formula is C11H19NO3S2. The van der Waals surface area contributed by atoms with Crippen molar-refractivity contribution in [3.63, 3.8) is 0 Å². The Balaban J connectivity index is 2.01. The molecule has 1 heterocycles. The lowest BCUT2D eigenvalue weighted by atomic mass is 10.1. The van der Waals surface area contributed by atoms with Crippen molar-refractivity contribution in [1.82, 2.24) is 5.32 Å². The van der Waals surface area contributed by atoms with Gasteiger partial charge in [0.1, 0.15) is 6.04 Å². The molecule has 0 spiro atoms. The zero-order chi connectivity index (χ0) is 12.7. The summed E-state index contributed by atoms with van der Waals surface area (Å²) >= 11 is 0. The molecule has 0 saturated carbocycles. The summed E-state index contributed by atoms with van der Waals surface area (Å²) in [5.74, 6) is 0.0949. The third-order valence-corrected chi connectivity index (χ3v) is 5.66. The number of amides is 1. The fraction of sp³-hybridized carbons (Fsp3) is 0.818. The molecule has 98 valence electrons. The smallest absolute Gasteiger partial charge is 0.325 e. The molecule has 1 amide bonds. The predicted molar refractivity (Wildman–Crippen MR) is 72.2 cm³/mol. The molecule has 0 aliphatic carbocycles. The lowest BCUT2D eigenvalue weighted by Gasteiger charge is -2.09. The number of unbranched alkanes of at least 4 members (excludes halogenated alkanes) is 1. The van der Waals surface area contributed by atoms with Gasteiger partial charge in [-0.05, 0) is 26.2 Å². The zero-order valence-corrected chi connectivity index (χ0v) is 11.6. The molecule has 17 heavy (non-hydrogen) atoms. The van der Waals surface area contributed by atoms with E-state index in [1.165, 1.54) is 25.5 Å². The number of carboxylic acids is 1. The van der Waals surface area contributed by atoms with Gasteiger partial charge in [0.15, 0.2) is 0 Å². The van der Waals surface area contributed by atoms with Gasteiger partial charge in [0.05, 0.1) is 0 Å². The number of hydrogen-bond donors (Lipinski definition) is 2. The van der Waals surface area contributed by atoms with Crippen LogP contribution in [-0.4, -0.2) is 34.0 Å². The number of nitrogens with one attached hydrogen (secondary N) is 1. The Morgan fingerprint density at radius 2 is 2.24 bits per heavy atom. The van der Waals surface area contributed by atoms with E-state index in [9.17, 15) is 9.59 Å². The molecule has 2 N–H and O–H groups in total. The van der Waals surface area contributed by atoms with Gasteiger partial charge in [0, 0.05) is 17.4 Å². The van der Waals surface area contributed by atoms with Crippen molar-refractivity contribution in [3.8, 4) is 0 Å². The molecule has 1 aliphatic heterocycles. The quantitative estimate of drug-likeness (QED) is 0.552. The first-order valence-electron chi connectivity index (χ1n) is 5.90. The van der Waals surface area contributed by atoms with Crippen LogP contribution in [0, 0.1) is 0 Å². The molecule has 1 saturated heterocycles. The standard InChI is InChI=1S/C11H19NO3S2/c1-8(11(14)15)12-10(13)5-3-2-4-9-6-7-16-17-9/h8-9H,2-7H2,1H3,(H,12,13)(H,14,15)/t8?,9-/m1/s1. The lowest BCUT2D eigenvalue weighted by Crippen LogP contribution is -2.38. The van der Waals surface area contributed by atoms with Crippen LogP contribution in [0.5, 0.6) is 0 Å². The zero-order valence-electron chi connectivity index (χ0n) is 9.98. The highest BCUT2D eigenvalue weighted by Crippen LogP contribution is 2.39. The second-order valence-corrected chi connectivity index (χ2v) is 6.99. The fourth-order valence-electron chi connectivity index (χ4n) is 1.60. The fourth-order valence-corrected chi connectivity index (χ4v) is 4.63. The van der Waals surface area contributed by atoms with Crippen LogP contribution in [0.25, 0.3) is 0 Å². The van der Waals surface area contributed by atoms with Gasteiger partial charge in [-0.1, -0.05) is 28.0 Å². The maximum absolute atomic E-state index is 11.4. The van der Waals surface area contributed by atoms with Gasteiger partial charge in [-0.15, -0.1) is 0 Å². The maximum atomic E-state index is 11.4. The summed E-state index contributed by atoms with van der Waals surface area (Å²) in [6, 6.07) is -0.788. The van der Waals surface area contributed by atoms with Crippen LogP contribution in [0.3, 0.4) is 0 Å². The molecule has 0 aromatic heterocycles. The van der Waals surface area contributed by atoms with E-state index < -0.39 is 12.0 Å². The van der Waals surface area contributed by atoms with E-state index in [0.29, 0.717) is 6.42 Å². The van der Waals surface area contributed by atoms with Crippen molar-refractivity contribution >= 4 is 33.5 Å². The largest absolute Gasteiger partial charge is 0.480 e. The average molecular weight is 277 g/mol. The minimum atomic E-state index is -0.988. The van der Waals surface area contributed by atoms with Crippen LogP contribution in [0.4, 0.5) is 0 Å². The predicted octanol–water partition coefficient (Wildman–Crippen LogP) is 2.29. The minimum absolute atomic E-state index is 0.159. The average Bonchev–Trinajstić information content (AvgIpc) is 2.77. The van der Waals surface area contributed by atoms with E-state index >= 15 is 0 Å². The monoisotopic (exact) mass is 277 g/mol. The summed E-state index contributed by atoms with van der Waals surface area (Å²) < 4.78 is 0. The van der Waals surface area contributed by atoms with Crippen molar-refractivity contribution in [3.05, 3.63) is 0 Å². The Hall–Kier alpha value is -0.360. The summed E-state index contributed by atoms with van der Waals surface area (Å²) in [4.78, 5) is 21.9. The van der Waals surface area contributed by atoms with Crippen LogP contribution < -0.4 is 5.32 Å². The molecular weight excluding hydrogens is 258 g/mol. The number of hydrogen-bond acceptors (Lipinski definition) is 4. The van der Waals surface area contributed by atoms with E-state index in [4.69, 9.17) is 5.11 Å². The second-order valence-electron chi connectivity index (χ2n) is 4.20. The molecule has 0 bridgehead atoms. The van der Waals surface area contributed by atoms with Crippen molar-refractivity contribution in [2.24, 2.45) is 0 Å². The van der Waals surface area contributed by atoms with E-state index in [1.807, 2.05) is 21.6 Å². The number of carbonyl (C=O) groups is 2. The van der Waals surface area contributed by atoms with Gasteiger partial charge in [-0.2, -0.15) is 0 Å². The highest BCUT2D eigenvalue weighted by atomic mass is 33.1. The lowest BCUT2D eigenvalue weighted by molar-refractivity contribution is -0.141. The Kier molecular flexibility index (Phi) is 6.80. The molecule has 4 nitrogen and oxygen atoms in total. The third kappa shape index (κ3) is 6.21. The molecule has 6 heteroatoms. The Labute approximate surface area is 110 Å². The minimum Gasteiger partial charge on any atom is -0.480 e. The molecule has 2 atom stereocenters. The van der Waals surface area contributed by atoms with Gasteiger partial charge in [0.25, 0.3) is 0 Å². The van der Waals surface area contributed by atoms with Crippen LogP contribution in [0.1, 0.15) is 39.0 Å². The Morgan fingerprint density at radius 3 is 2.82 bits per heavy atom. The first-order chi connectivity index (χ1) is 8.09. The van der Waals surface area contributed by atoms with Crippen LogP contribution >= 0.6 is 21.6 Å². The normalized spacial score (nSPS) is 21.1. The number of rotatable bonds is 7. The highest BCUT2D eigenvalue weighted by molar-refractivity contribution is 8.77. The topological polar surface area (TPSA) is 66.4 Å². The van der Waals surface area contributed by atoms with Gasteiger partial charge in [-0.3, -0.25) is 9.59 Å². The molecule has 1 rings (SSSR count).